The molecule has 3 rings (SSSR count). The summed E-state index contributed by atoms with van der Waals surface area (Å²) >= 11 is 0.949. The highest BCUT2D eigenvalue weighted by atomic mass is 32.2. The number of carbonyl (C=O) groups excluding carboxylic acids is 2. The first kappa shape index (κ1) is 21.0. The van der Waals surface area contributed by atoms with E-state index in [9.17, 15) is 9.59 Å². The molecule has 29 heavy (non-hydrogen) atoms. The molecule has 0 atom stereocenters. The number of benzene rings is 2. The van der Waals surface area contributed by atoms with Crippen molar-refractivity contribution in [3.63, 3.8) is 0 Å². The molecule has 2 amide bonds. The highest BCUT2D eigenvalue weighted by Crippen LogP contribution is 2.33. The molecule has 1 saturated heterocycles. The zero-order valence-electron chi connectivity index (χ0n) is 17.1. The molecular weight excluding hydrogens is 386 g/mol. The molecule has 0 radical (unpaired) electrons. The second-order valence-electron chi connectivity index (χ2n) is 7.15. The number of rotatable bonds is 7. The van der Waals surface area contributed by atoms with E-state index in [0.29, 0.717) is 16.6 Å². The van der Waals surface area contributed by atoms with Crippen LogP contribution in [0.4, 0.5) is 4.79 Å². The molecule has 0 bridgehead atoms. The van der Waals surface area contributed by atoms with E-state index in [1.165, 1.54) is 4.90 Å². The number of hydrogen-bond donors (Lipinski definition) is 0. The molecule has 1 aliphatic heterocycles. The number of aryl methyl sites for hydroxylation is 1. The van der Waals surface area contributed by atoms with Gasteiger partial charge in [-0.15, -0.1) is 0 Å². The third kappa shape index (κ3) is 5.01. The lowest BCUT2D eigenvalue weighted by Gasteiger charge is -2.17. The SMILES string of the molecule is COc1cccc(/C=C2\SC(=O)N(CCOc3cc(C)ccc3C(C)C)C2=O)c1. The van der Waals surface area contributed by atoms with Crippen LogP contribution in [-0.4, -0.2) is 36.3 Å². The van der Waals surface area contributed by atoms with Gasteiger partial charge in [0.15, 0.2) is 0 Å². The fourth-order valence-electron chi connectivity index (χ4n) is 3.07. The van der Waals surface area contributed by atoms with Crippen LogP contribution in [0.5, 0.6) is 11.5 Å². The molecular formula is C23H25NO4S. The molecule has 0 aromatic heterocycles. The van der Waals surface area contributed by atoms with E-state index in [1.807, 2.05) is 37.3 Å². The topological polar surface area (TPSA) is 55.8 Å². The van der Waals surface area contributed by atoms with Crippen molar-refractivity contribution < 1.29 is 19.1 Å². The largest absolute Gasteiger partial charge is 0.497 e. The van der Waals surface area contributed by atoms with Gasteiger partial charge in [0.25, 0.3) is 11.1 Å². The highest BCUT2D eigenvalue weighted by molar-refractivity contribution is 8.18. The van der Waals surface area contributed by atoms with Gasteiger partial charge in [-0.1, -0.05) is 38.1 Å². The molecule has 0 spiro atoms. The molecule has 2 aromatic carbocycles. The van der Waals surface area contributed by atoms with Crippen molar-refractivity contribution in [1.82, 2.24) is 4.90 Å². The van der Waals surface area contributed by atoms with Crippen LogP contribution in [0.1, 0.15) is 36.5 Å². The van der Waals surface area contributed by atoms with Gasteiger partial charge < -0.3 is 9.47 Å². The summed E-state index contributed by atoms with van der Waals surface area (Å²) in [7, 11) is 1.59. The maximum Gasteiger partial charge on any atom is 0.293 e. The fourth-order valence-corrected chi connectivity index (χ4v) is 3.93. The third-order valence-electron chi connectivity index (χ3n) is 4.63. The lowest BCUT2D eigenvalue weighted by Crippen LogP contribution is -2.32. The average molecular weight is 412 g/mol. The van der Waals surface area contributed by atoms with Crippen molar-refractivity contribution in [2.45, 2.75) is 26.7 Å². The zero-order chi connectivity index (χ0) is 21.0. The molecule has 0 N–H and O–H groups in total. The molecule has 1 aliphatic rings. The molecule has 0 aliphatic carbocycles. The summed E-state index contributed by atoms with van der Waals surface area (Å²) in [6.07, 6.45) is 1.71. The molecule has 1 fully saturated rings. The lowest BCUT2D eigenvalue weighted by molar-refractivity contribution is -0.123. The summed E-state index contributed by atoms with van der Waals surface area (Å²) in [5.74, 6) is 1.54. The molecule has 0 unspecified atom stereocenters. The number of thioether (sulfide) groups is 1. The van der Waals surface area contributed by atoms with E-state index < -0.39 is 0 Å². The third-order valence-corrected chi connectivity index (χ3v) is 5.54. The van der Waals surface area contributed by atoms with Gasteiger partial charge in [0.05, 0.1) is 18.6 Å². The van der Waals surface area contributed by atoms with Gasteiger partial charge in [-0.3, -0.25) is 14.5 Å². The normalized spacial score (nSPS) is 15.5. The Morgan fingerprint density at radius 2 is 1.93 bits per heavy atom. The van der Waals surface area contributed by atoms with E-state index in [2.05, 4.69) is 26.0 Å². The summed E-state index contributed by atoms with van der Waals surface area (Å²) in [5.41, 5.74) is 3.03. The van der Waals surface area contributed by atoms with Crippen LogP contribution in [-0.2, 0) is 4.79 Å². The number of ether oxygens (including phenoxy) is 2. The Morgan fingerprint density at radius 1 is 1.14 bits per heavy atom. The van der Waals surface area contributed by atoms with E-state index in [4.69, 9.17) is 9.47 Å². The summed E-state index contributed by atoms with van der Waals surface area (Å²) in [5, 5.41) is -0.277. The Hall–Kier alpha value is -2.73. The van der Waals surface area contributed by atoms with Crippen molar-refractivity contribution in [2.75, 3.05) is 20.3 Å². The Bertz CT molecular complexity index is 952. The van der Waals surface area contributed by atoms with Crippen molar-refractivity contribution in [1.29, 1.82) is 0 Å². The zero-order valence-corrected chi connectivity index (χ0v) is 17.9. The van der Waals surface area contributed by atoms with E-state index >= 15 is 0 Å². The Morgan fingerprint density at radius 3 is 2.66 bits per heavy atom. The first-order chi connectivity index (χ1) is 13.9. The maximum atomic E-state index is 12.7. The molecule has 2 aromatic rings. The van der Waals surface area contributed by atoms with Gasteiger partial charge in [0.1, 0.15) is 18.1 Å². The Balaban J connectivity index is 1.67. The summed E-state index contributed by atoms with van der Waals surface area (Å²) in [6, 6.07) is 13.5. The van der Waals surface area contributed by atoms with Gasteiger partial charge in [-0.2, -0.15) is 0 Å². The first-order valence-electron chi connectivity index (χ1n) is 9.52. The van der Waals surface area contributed by atoms with Gasteiger partial charge >= 0.3 is 0 Å². The van der Waals surface area contributed by atoms with Crippen molar-refractivity contribution >= 4 is 29.0 Å². The minimum Gasteiger partial charge on any atom is -0.497 e. The number of carbonyl (C=O) groups is 2. The van der Waals surface area contributed by atoms with Crippen LogP contribution in [0.15, 0.2) is 47.4 Å². The monoisotopic (exact) mass is 411 g/mol. The van der Waals surface area contributed by atoms with Crippen LogP contribution in [0.2, 0.25) is 0 Å². The number of hydrogen-bond acceptors (Lipinski definition) is 5. The van der Waals surface area contributed by atoms with Crippen molar-refractivity contribution in [3.05, 3.63) is 64.1 Å². The smallest absolute Gasteiger partial charge is 0.293 e. The van der Waals surface area contributed by atoms with Crippen LogP contribution >= 0.6 is 11.8 Å². The van der Waals surface area contributed by atoms with Crippen molar-refractivity contribution in [2.24, 2.45) is 0 Å². The molecule has 5 nitrogen and oxygen atoms in total. The minimum atomic E-state index is -0.292. The van der Waals surface area contributed by atoms with E-state index in [-0.39, 0.29) is 24.3 Å². The number of methoxy groups -OCH3 is 1. The van der Waals surface area contributed by atoms with Crippen LogP contribution < -0.4 is 9.47 Å². The van der Waals surface area contributed by atoms with E-state index in [1.54, 1.807) is 13.2 Å². The standard InChI is InChI=1S/C23H25NO4S/c1-15(2)19-9-8-16(3)12-20(19)28-11-10-24-22(25)21(29-23(24)26)14-17-6-5-7-18(13-17)27-4/h5-9,12-15H,10-11H2,1-4H3/b21-14-. The van der Waals surface area contributed by atoms with Gasteiger partial charge in [0.2, 0.25) is 0 Å². The molecule has 0 saturated carbocycles. The fraction of sp³-hybridized carbons (Fsp3) is 0.304. The highest BCUT2D eigenvalue weighted by Gasteiger charge is 2.34. The summed E-state index contributed by atoms with van der Waals surface area (Å²) in [4.78, 5) is 26.6. The Kier molecular flexibility index (Phi) is 6.64. The van der Waals surface area contributed by atoms with Gasteiger partial charge in [-0.05, 0) is 65.6 Å². The lowest BCUT2D eigenvalue weighted by atomic mass is 10.0. The second-order valence-corrected chi connectivity index (χ2v) is 8.15. The predicted octanol–water partition coefficient (Wildman–Crippen LogP) is 5.24. The molecule has 6 heteroatoms. The van der Waals surface area contributed by atoms with Crippen LogP contribution in [0.25, 0.3) is 6.08 Å². The van der Waals surface area contributed by atoms with Crippen molar-refractivity contribution in [3.8, 4) is 11.5 Å². The number of imide groups is 1. The van der Waals surface area contributed by atoms with Gasteiger partial charge in [-0.25, -0.2) is 0 Å². The quantitative estimate of drug-likeness (QED) is 0.583. The molecule has 152 valence electrons. The molecule has 1 heterocycles. The van der Waals surface area contributed by atoms with E-state index in [0.717, 1.165) is 34.2 Å². The maximum absolute atomic E-state index is 12.7. The Labute approximate surface area is 175 Å². The number of nitrogens with zero attached hydrogens (tertiary/aromatic N) is 1. The number of amides is 2. The average Bonchev–Trinajstić information content (AvgIpc) is 2.95. The predicted molar refractivity (Wildman–Crippen MR) is 116 cm³/mol. The van der Waals surface area contributed by atoms with Crippen LogP contribution in [0.3, 0.4) is 0 Å². The summed E-state index contributed by atoms with van der Waals surface area (Å²) < 4.78 is 11.1. The minimum absolute atomic E-state index is 0.214. The van der Waals surface area contributed by atoms with Gasteiger partial charge in [0, 0.05) is 0 Å². The van der Waals surface area contributed by atoms with Crippen LogP contribution in [0, 0.1) is 6.92 Å². The first-order valence-corrected chi connectivity index (χ1v) is 10.3. The summed E-state index contributed by atoms with van der Waals surface area (Å²) in [6.45, 7) is 6.70. The second kappa shape index (κ2) is 9.18.